The van der Waals surface area contributed by atoms with Gasteiger partial charge in [-0.05, 0) is 0 Å². The Morgan fingerprint density at radius 3 is 2.08 bits per heavy atom. The van der Waals surface area contributed by atoms with Gasteiger partial charge in [0.25, 0.3) is 5.79 Å². The number of aliphatic hydroxyl groups is 5. The highest BCUT2D eigenvalue weighted by atomic mass is 16.6. The van der Waals surface area contributed by atoms with Gasteiger partial charge in [0.2, 0.25) is 0 Å². The van der Waals surface area contributed by atoms with Crippen molar-refractivity contribution in [3.05, 3.63) is 12.0 Å². The fraction of sp³-hybridized carbons (Fsp3) is 0.400. The van der Waals surface area contributed by atoms with Gasteiger partial charge in [0.15, 0.2) is 5.76 Å². The lowest BCUT2D eigenvalue weighted by Crippen LogP contribution is -2.66. The highest BCUT2D eigenvalue weighted by molar-refractivity contribution is 5.86. The van der Waals surface area contributed by atoms with Gasteiger partial charge < -0.3 is 25.5 Å². The van der Waals surface area contributed by atoms with Crippen LogP contribution in [0, 0.1) is 0 Å². The molecule has 0 saturated carbocycles. The van der Waals surface area contributed by atoms with Crippen molar-refractivity contribution in [1.82, 2.24) is 5.06 Å². The molecule has 0 spiro atoms. The van der Waals surface area contributed by atoms with Gasteiger partial charge in [-0.2, -0.15) is 5.06 Å². The van der Waals surface area contributed by atoms with E-state index in [0.29, 0.717) is 0 Å². The number of rotatable bonds is 0. The molecule has 1 amide bonds. The average molecular weight is 193 g/mol. The summed E-state index contributed by atoms with van der Waals surface area (Å²) in [7, 11) is 0. The summed E-state index contributed by atoms with van der Waals surface area (Å²) < 4.78 is 0. The first-order valence-electron chi connectivity index (χ1n) is 3.04. The Morgan fingerprint density at radius 1 is 1.15 bits per heavy atom. The van der Waals surface area contributed by atoms with Gasteiger partial charge in [0.1, 0.15) is 0 Å². The van der Waals surface area contributed by atoms with Crippen LogP contribution in [-0.4, -0.2) is 53.3 Å². The topological polar surface area (TPSA) is 142 Å². The number of hydroxylamine groups is 2. The maximum Gasteiger partial charge on any atom is 0.316 e. The van der Waals surface area contributed by atoms with Crippen molar-refractivity contribution in [2.24, 2.45) is 0 Å². The third-order valence-corrected chi connectivity index (χ3v) is 1.59. The molecule has 0 atom stereocenters. The summed E-state index contributed by atoms with van der Waals surface area (Å²) in [5.74, 6) is -10.4. The normalized spacial score (nSPS) is 25.8. The summed E-state index contributed by atoms with van der Waals surface area (Å²) in [6, 6.07) is 0. The zero-order chi connectivity index (χ0) is 10.4. The number of carbonyl (C=O) groups is 1. The van der Waals surface area contributed by atoms with Crippen LogP contribution in [0.25, 0.3) is 0 Å². The summed E-state index contributed by atoms with van der Waals surface area (Å²) in [4.78, 5) is 10.7. The number of nitrogens with zero attached hydrogens (tertiary/aromatic N) is 1. The maximum atomic E-state index is 10.7. The third-order valence-electron chi connectivity index (χ3n) is 1.59. The molecule has 0 radical (unpaired) electrons. The summed E-state index contributed by atoms with van der Waals surface area (Å²) in [6.45, 7) is 0. The van der Waals surface area contributed by atoms with Crippen molar-refractivity contribution >= 4 is 5.91 Å². The van der Waals surface area contributed by atoms with Gasteiger partial charge in [0.05, 0.1) is 6.20 Å². The van der Waals surface area contributed by atoms with E-state index in [-0.39, 0.29) is 11.3 Å². The monoisotopic (exact) mass is 193 g/mol. The molecule has 0 fully saturated rings. The van der Waals surface area contributed by atoms with E-state index >= 15 is 0 Å². The first-order valence-corrected chi connectivity index (χ1v) is 3.04. The molecular formula is C5H7NO7. The van der Waals surface area contributed by atoms with Crippen LogP contribution in [0.5, 0.6) is 0 Å². The molecule has 1 heterocycles. The van der Waals surface area contributed by atoms with E-state index in [9.17, 15) is 4.79 Å². The van der Waals surface area contributed by atoms with E-state index in [1.54, 1.807) is 0 Å². The molecule has 0 aromatic carbocycles. The highest BCUT2D eigenvalue weighted by Gasteiger charge is 2.61. The van der Waals surface area contributed by atoms with Gasteiger partial charge in [-0.25, -0.2) is 0 Å². The highest BCUT2D eigenvalue weighted by Crippen LogP contribution is 2.29. The van der Waals surface area contributed by atoms with Crippen molar-refractivity contribution in [3.63, 3.8) is 0 Å². The molecule has 1 aliphatic heterocycles. The Bertz CT molecular complexity index is 281. The van der Waals surface area contributed by atoms with Crippen molar-refractivity contribution < 1.29 is 35.5 Å². The van der Waals surface area contributed by atoms with Crippen LogP contribution in [0.15, 0.2) is 12.0 Å². The third kappa shape index (κ3) is 1.08. The maximum absolute atomic E-state index is 10.7. The number of hydrogen-bond donors (Lipinski definition) is 6. The summed E-state index contributed by atoms with van der Waals surface area (Å²) >= 11 is 0. The zero-order valence-corrected chi connectivity index (χ0v) is 6.12. The van der Waals surface area contributed by atoms with Crippen LogP contribution in [0.2, 0.25) is 0 Å². The molecule has 8 nitrogen and oxygen atoms in total. The predicted octanol–water partition coefficient (Wildman–Crippen LogP) is -3.02. The second-order valence-corrected chi connectivity index (χ2v) is 2.51. The van der Waals surface area contributed by atoms with Crippen LogP contribution in [0.1, 0.15) is 0 Å². The minimum Gasteiger partial charge on any atom is -0.505 e. The smallest absolute Gasteiger partial charge is 0.316 e. The van der Waals surface area contributed by atoms with Gasteiger partial charge in [-0.1, -0.05) is 0 Å². The molecule has 0 bridgehead atoms. The number of aliphatic hydroxyl groups excluding tert-OH is 1. The van der Waals surface area contributed by atoms with Crippen LogP contribution >= 0.6 is 0 Å². The molecular weight excluding hydrogens is 186 g/mol. The Balaban J connectivity index is 3.27. The first kappa shape index (κ1) is 9.89. The van der Waals surface area contributed by atoms with Crippen molar-refractivity contribution in [2.75, 3.05) is 0 Å². The molecule has 6 N–H and O–H groups in total. The van der Waals surface area contributed by atoms with E-state index < -0.39 is 23.2 Å². The standard InChI is InChI=1S/C5H7NO7/c7-2-1-6(13)3(8)5(11,12)4(2,9)10/h1,7,9-13H. The van der Waals surface area contributed by atoms with Crippen LogP contribution < -0.4 is 0 Å². The summed E-state index contributed by atoms with van der Waals surface area (Å²) in [5.41, 5.74) is 0. The van der Waals surface area contributed by atoms with Crippen molar-refractivity contribution in [3.8, 4) is 0 Å². The van der Waals surface area contributed by atoms with Crippen molar-refractivity contribution in [2.45, 2.75) is 11.6 Å². The van der Waals surface area contributed by atoms with Gasteiger partial charge in [-0.15, -0.1) is 0 Å². The average Bonchev–Trinajstić information content (AvgIpc) is 2.00. The van der Waals surface area contributed by atoms with E-state index in [1.807, 2.05) is 0 Å². The summed E-state index contributed by atoms with van der Waals surface area (Å²) in [5, 5.41) is 52.3. The Morgan fingerprint density at radius 2 is 1.62 bits per heavy atom. The van der Waals surface area contributed by atoms with E-state index in [1.165, 1.54) is 0 Å². The molecule has 0 aromatic heterocycles. The second kappa shape index (κ2) is 2.40. The Kier molecular flexibility index (Phi) is 1.83. The molecule has 0 unspecified atom stereocenters. The molecule has 1 rings (SSSR count). The molecule has 0 aliphatic carbocycles. The Labute approximate surface area is 71.1 Å². The summed E-state index contributed by atoms with van der Waals surface area (Å²) in [6.07, 6.45) is 0.229. The number of hydrogen-bond acceptors (Lipinski definition) is 7. The van der Waals surface area contributed by atoms with E-state index in [0.717, 1.165) is 0 Å². The SMILES string of the molecule is O=C1N(O)C=C(O)C(O)(O)C1(O)O. The lowest BCUT2D eigenvalue weighted by Gasteiger charge is -2.37. The second-order valence-electron chi connectivity index (χ2n) is 2.51. The molecule has 0 saturated heterocycles. The molecule has 74 valence electrons. The van der Waals surface area contributed by atoms with E-state index in [2.05, 4.69) is 0 Å². The van der Waals surface area contributed by atoms with Gasteiger partial charge in [0, 0.05) is 0 Å². The van der Waals surface area contributed by atoms with Gasteiger partial charge >= 0.3 is 11.7 Å². The number of carbonyl (C=O) groups excluding carboxylic acids is 1. The van der Waals surface area contributed by atoms with E-state index in [4.69, 9.17) is 30.7 Å². The molecule has 8 heteroatoms. The zero-order valence-electron chi connectivity index (χ0n) is 6.12. The number of amides is 1. The largest absolute Gasteiger partial charge is 0.505 e. The molecule has 13 heavy (non-hydrogen) atoms. The molecule has 0 aromatic rings. The molecule has 1 aliphatic rings. The fourth-order valence-corrected chi connectivity index (χ4v) is 0.752. The lowest BCUT2D eigenvalue weighted by molar-refractivity contribution is -0.344. The lowest BCUT2D eigenvalue weighted by atomic mass is 10.0. The first-order chi connectivity index (χ1) is 5.71. The van der Waals surface area contributed by atoms with Crippen LogP contribution in [0.3, 0.4) is 0 Å². The van der Waals surface area contributed by atoms with Crippen LogP contribution in [0.4, 0.5) is 0 Å². The van der Waals surface area contributed by atoms with Gasteiger partial charge in [-0.3, -0.25) is 10.0 Å². The quantitative estimate of drug-likeness (QED) is 0.177. The van der Waals surface area contributed by atoms with Crippen LogP contribution in [-0.2, 0) is 4.79 Å². The predicted molar refractivity (Wildman–Crippen MR) is 33.7 cm³/mol. The Hall–Kier alpha value is -1.19. The fourth-order valence-electron chi connectivity index (χ4n) is 0.752. The minimum atomic E-state index is -3.69. The van der Waals surface area contributed by atoms with Crippen molar-refractivity contribution in [1.29, 1.82) is 0 Å². The minimum absolute atomic E-state index is 0.229.